The number of nitrogens with zero attached hydrogens (tertiary/aromatic N) is 3. The standard InChI is InChI=1S/C25H25FN6O/c1-12-13-5-7-14(8-6-13)20(12)30-24-17-4-2-3-16(22(27)33)21(17)31-25(32-24)19-11-29-23-18(19)9-15(26)10-28-23/h2-4,9-14,20H,5-8H2,1H3,(H2,27,33)(H,28,29)(H,30,31,32). The summed E-state index contributed by atoms with van der Waals surface area (Å²) in [5, 5.41) is 5.07. The average Bonchev–Trinajstić information content (AvgIpc) is 3.24. The molecule has 3 aromatic heterocycles. The van der Waals surface area contributed by atoms with Gasteiger partial charge in [-0.25, -0.2) is 19.3 Å². The summed E-state index contributed by atoms with van der Waals surface area (Å²) in [4.78, 5) is 29.0. The maximum absolute atomic E-state index is 14.0. The number of nitrogens with one attached hydrogen (secondary N) is 2. The summed E-state index contributed by atoms with van der Waals surface area (Å²) in [5.41, 5.74) is 7.68. The summed E-state index contributed by atoms with van der Waals surface area (Å²) < 4.78 is 14.0. The molecule has 3 aliphatic rings. The Hall–Kier alpha value is -3.55. The van der Waals surface area contributed by atoms with Gasteiger partial charge in [0.05, 0.1) is 17.3 Å². The fourth-order valence-corrected chi connectivity index (χ4v) is 5.90. The first-order valence-electron chi connectivity index (χ1n) is 11.5. The molecule has 0 aliphatic heterocycles. The molecular weight excluding hydrogens is 419 g/mol. The van der Waals surface area contributed by atoms with Crippen LogP contribution in [0.15, 0.2) is 36.7 Å². The number of rotatable bonds is 4. The number of anilines is 1. The van der Waals surface area contributed by atoms with Gasteiger partial charge in [0.15, 0.2) is 5.82 Å². The van der Waals surface area contributed by atoms with Crippen LogP contribution >= 0.6 is 0 Å². The first-order valence-corrected chi connectivity index (χ1v) is 11.5. The molecule has 0 radical (unpaired) electrons. The molecule has 8 heteroatoms. The number of fused-ring (bicyclic) bond motifs is 5. The Labute approximate surface area is 190 Å². The number of halogens is 1. The van der Waals surface area contributed by atoms with E-state index in [1.807, 2.05) is 6.07 Å². The van der Waals surface area contributed by atoms with E-state index in [-0.39, 0.29) is 0 Å². The number of hydrogen-bond donors (Lipinski definition) is 3. The van der Waals surface area contributed by atoms with Crippen molar-refractivity contribution in [3.8, 4) is 11.4 Å². The number of nitrogens with two attached hydrogens (primary N) is 1. The molecule has 0 spiro atoms. The molecule has 1 amide bonds. The molecule has 168 valence electrons. The largest absolute Gasteiger partial charge is 0.366 e. The minimum Gasteiger partial charge on any atom is -0.366 e. The number of H-pyrrole nitrogens is 1. The predicted octanol–water partition coefficient (Wildman–Crippen LogP) is 4.65. The number of amides is 1. The molecule has 0 saturated heterocycles. The van der Waals surface area contributed by atoms with E-state index in [0.29, 0.717) is 57.2 Å². The molecule has 1 aromatic carbocycles. The summed E-state index contributed by atoms with van der Waals surface area (Å²) in [6, 6.07) is 7.11. The highest BCUT2D eigenvalue weighted by molar-refractivity contribution is 6.08. The lowest BCUT2D eigenvalue weighted by atomic mass is 9.62. The van der Waals surface area contributed by atoms with Crippen molar-refractivity contribution in [2.75, 3.05) is 5.32 Å². The van der Waals surface area contributed by atoms with E-state index >= 15 is 0 Å². The molecule has 2 bridgehead atoms. The van der Waals surface area contributed by atoms with E-state index in [2.05, 4.69) is 22.2 Å². The molecule has 3 aliphatic carbocycles. The summed E-state index contributed by atoms with van der Waals surface area (Å²) >= 11 is 0. The fraction of sp³-hybridized carbons (Fsp3) is 0.360. The highest BCUT2D eigenvalue weighted by Gasteiger charge is 2.41. The molecule has 7 nitrogen and oxygen atoms in total. The topological polar surface area (TPSA) is 110 Å². The Balaban J connectivity index is 1.54. The molecule has 2 atom stereocenters. The molecule has 4 aromatic rings. The van der Waals surface area contributed by atoms with Crippen LogP contribution in [-0.2, 0) is 0 Å². The van der Waals surface area contributed by atoms with E-state index in [4.69, 9.17) is 15.7 Å². The Morgan fingerprint density at radius 1 is 1.15 bits per heavy atom. The van der Waals surface area contributed by atoms with Crippen molar-refractivity contribution in [1.82, 2.24) is 19.9 Å². The number of carbonyl (C=O) groups is 1. The molecule has 3 heterocycles. The monoisotopic (exact) mass is 444 g/mol. The Kier molecular flexibility index (Phi) is 4.57. The molecule has 7 rings (SSSR count). The van der Waals surface area contributed by atoms with Crippen molar-refractivity contribution < 1.29 is 9.18 Å². The summed E-state index contributed by atoms with van der Waals surface area (Å²) in [5.74, 6) is 1.96. The Bertz CT molecular complexity index is 1390. The minimum atomic E-state index is -0.548. The molecule has 3 saturated carbocycles. The van der Waals surface area contributed by atoms with E-state index in [0.717, 1.165) is 11.3 Å². The van der Waals surface area contributed by atoms with Gasteiger partial charge in [-0.1, -0.05) is 13.0 Å². The molecule has 33 heavy (non-hydrogen) atoms. The zero-order valence-electron chi connectivity index (χ0n) is 18.3. The molecule has 4 N–H and O–H groups in total. The Morgan fingerprint density at radius 3 is 2.70 bits per heavy atom. The van der Waals surface area contributed by atoms with E-state index in [1.165, 1.54) is 37.9 Å². The van der Waals surface area contributed by atoms with Crippen LogP contribution in [0.2, 0.25) is 0 Å². The van der Waals surface area contributed by atoms with Crippen molar-refractivity contribution in [3.05, 3.63) is 48.0 Å². The van der Waals surface area contributed by atoms with Gasteiger partial charge >= 0.3 is 0 Å². The predicted molar refractivity (Wildman–Crippen MR) is 125 cm³/mol. The van der Waals surface area contributed by atoms with Gasteiger partial charge in [-0.2, -0.15) is 0 Å². The zero-order chi connectivity index (χ0) is 22.7. The summed E-state index contributed by atoms with van der Waals surface area (Å²) in [7, 11) is 0. The smallest absolute Gasteiger partial charge is 0.250 e. The molecule has 3 fully saturated rings. The van der Waals surface area contributed by atoms with Crippen molar-refractivity contribution in [1.29, 1.82) is 0 Å². The normalized spacial score (nSPS) is 24.4. The third-order valence-electron chi connectivity index (χ3n) is 7.67. The lowest BCUT2D eigenvalue weighted by molar-refractivity contribution is 0.0929. The maximum Gasteiger partial charge on any atom is 0.250 e. The number of hydrogen-bond acceptors (Lipinski definition) is 5. The SMILES string of the molecule is CC1C2CCC(CC2)C1Nc1nc(-c2c[nH]c3ncc(F)cc23)nc2c(C(N)=O)cccc12. The van der Waals surface area contributed by atoms with Crippen molar-refractivity contribution >= 4 is 33.7 Å². The lowest BCUT2D eigenvalue weighted by Gasteiger charge is -2.47. The van der Waals surface area contributed by atoms with Crippen LogP contribution in [-0.4, -0.2) is 31.9 Å². The quantitative estimate of drug-likeness (QED) is 0.425. The number of primary amides is 1. The second-order valence-corrected chi connectivity index (χ2v) is 9.42. The summed E-state index contributed by atoms with van der Waals surface area (Å²) in [6.45, 7) is 2.32. The van der Waals surface area contributed by atoms with Crippen LogP contribution in [0.1, 0.15) is 43.0 Å². The number of para-hydroxylation sites is 1. The third-order valence-corrected chi connectivity index (χ3v) is 7.67. The number of pyridine rings is 1. The first kappa shape index (κ1) is 20.1. The number of carbonyl (C=O) groups excluding carboxylic acids is 1. The second kappa shape index (κ2) is 7.50. The Morgan fingerprint density at radius 2 is 1.94 bits per heavy atom. The number of aromatic nitrogens is 4. The van der Waals surface area contributed by atoms with Gasteiger partial charge in [0, 0.05) is 28.6 Å². The summed E-state index contributed by atoms with van der Waals surface area (Å²) in [6.07, 6.45) is 7.92. The second-order valence-electron chi connectivity index (χ2n) is 9.42. The van der Waals surface area contributed by atoms with Crippen LogP contribution in [0.5, 0.6) is 0 Å². The van der Waals surface area contributed by atoms with E-state index < -0.39 is 11.7 Å². The minimum absolute atomic E-state index is 0.308. The van der Waals surface area contributed by atoms with Crippen LogP contribution in [0.3, 0.4) is 0 Å². The lowest BCUT2D eigenvalue weighted by Crippen LogP contribution is -2.47. The van der Waals surface area contributed by atoms with Gasteiger partial charge < -0.3 is 16.0 Å². The molecular formula is C25H25FN6O. The van der Waals surface area contributed by atoms with Gasteiger partial charge in [0.1, 0.15) is 17.3 Å². The first-order chi connectivity index (χ1) is 16.0. The van der Waals surface area contributed by atoms with E-state index in [9.17, 15) is 9.18 Å². The van der Waals surface area contributed by atoms with Crippen molar-refractivity contribution in [3.63, 3.8) is 0 Å². The van der Waals surface area contributed by atoms with Gasteiger partial charge in [0.2, 0.25) is 0 Å². The van der Waals surface area contributed by atoms with E-state index in [1.54, 1.807) is 18.3 Å². The van der Waals surface area contributed by atoms with Gasteiger partial charge in [0.25, 0.3) is 5.91 Å². The zero-order valence-corrected chi connectivity index (χ0v) is 18.3. The number of aromatic amines is 1. The highest BCUT2D eigenvalue weighted by Crippen LogP contribution is 2.46. The van der Waals surface area contributed by atoms with Crippen LogP contribution in [0.25, 0.3) is 33.3 Å². The van der Waals surface area contributed by atoms with Gasteiger partial charge in [-0.3, -0.25) is 4.79 Å². The highest BCUT2D eigenvalue weighted by atomic mass is 19.1. The van der Waals surface area contributed by atoms with Crippen LogP contribution in [0, 0.1) is 23.6 Å². The third kappa shape index (κ3) is 3.23. The van der Waals surface area contributed by atoms with Gasteiger partial charge in [-0.05, 0) is 61.6 Å². The average molecular weight is 445 g/mol. The maximum atomic E-state index is 14.0. The van der Waals surface area contributed by atoms with Crippen LogP contribution < -0.4 is 11.1 Å². The molecule has 2 unspecified atom stereocenters. The van der Waals surface area contributed by atoms with Crippen molar-refractivity contribution in [2.45, 2.75) is 38.6 Å². The van der Waals surface area contributed by atoms with Crippen LogP contribution in [0.4, 0.5) is 10.2 Å². The fourth-order valence-electron chi connectivity index (χ4n) is 5.90. The van der Waals surface area contributed by atoms with Crippen molar-refractivity contribution in [2.24, 2.45) is 23.5 Å². The van der Waals surface area contributed by atoms with Gasteiger partial charge in [-0.15, -0.1) is 0 Å². The number of benzene rings is 1.